The van der Waals surface area contributed by atoms with E-state index in [4.69, 9.17) is 21.4 Å². The third-order valence-corrected chi connectivity index (χ3v) is 3.69. The van der Waals surface area contributed by atoms with Gasteiger partial charge >= 0.3 is 5.97 Å². The van der Waals surface area contributed by atoms with Crippen molar-refractivity contribution in [3.63, 3.8) is 0 Å². The monoisotopic (exact) mass is 283 g/mol. The van der Waals surface area contributed by atoms with Crippen LogP contribution >= 0.6 is 11.6 Å². The molecule has 0 bridgehead atoms. The summed E-state index contributed by atoms with van der Waals surface area (Å²) in [6.07, 6.45) is 0.769. The fourth-order valence-corrected chi connectivity index (χ4v) is 2.20. The Hall–Kier alpha value is -1.75. The van der Waals surface area contributed by atoms with Gasteiger partial charge in [0.2, 0.25) is 5.91 Å². The van der Waals surface area contributed by atoms with Crippen LogP contribution in [0.15, 0.2) is 18.2 Å². The number of hydrogen-bond donors (Lipinski definition) is 1. The number of hydrogen-bond acceptors (Lipinski definition) is 3. The van der Waals surface area contributed by atoms with Gasteiger partial charge in [-0.3, -0.25) is 9.59 Å². The van der Waals surface area contributed by atoms with E-state index < -0.39 is 17.3 Å². The van der Waals surface area contributed by atoms with Crippen LogP contribution in [0.5, 0.6) is 5.75 Å². The molecule has 6 heteroatoms. The summed E-state index contributed by atoms with van der Waals surface area (Å²) in [6, 6.07) is 4.89. The topological polar surface area (TPSA) is 66.8 Å². The highest BCUT2D eigenvalue weighted by Gasteiger charge is 2.58. The highest BCUT2D eigenvalue weighted by atomic mass is 35.5. The van der Waals surface area contributed by atoms with Gasteiger partial charge in [0.15, 0.2) is 0 Å². The molecule has 1 fully saturated rings. The summed E-state index contributed by atoms with van der Waals surface area (Å²) < 4.78 is 5.03. The van der Waals surface area contributed by atoms with E-state index in [1.54, 1.807) is 25.2 Å². The molecular weight excluding hydrogens is 270 g/mol. The summed E-state index contributed by atoms with van der Waals surface area (Å²) >= 11 is 5.99. The van der Waals surface area contributed by atoms with Gasteiger partial charge in [-0.25, -0.2) is 0 Å². The molecule has 0 atom stereocenters. The summed E-state index contributed by atoms with van der Waals surface area (Å²) in [5, 5.41) is 9.49. The largest absolute Gasteiger partial charge is 0.495 e. The van der Waals surface area contributed by atoms with Crippen molar-refractivity contribution < 1.29 is 19.4 Å². The summed E-state index contributed by atoms with van der Waals surface area (Å²) in [6.45, 7) is 0. The summed E-state index contributed by atoms with van der Waals surface area (Å²) in [4.78, 5) is 24.7. The molecule has 0 spiro atoms. The van der Waals surface area contributed by atoms with Gasteiger partial charge in [0, 0.05) is 12.7 Å². The predicted molar refractivity (Wildman–Crippen MR) is 70.7 cm³/mol. The van der Waals surface area contributed by atoms with Crippen LogP contribution in [0.4, 0.5) is 5.69 Å². The van der Waals surface area contributed by atoms with E-state index in [0.717, 1.165) is 0 Å². The fourth-order valence-electron chi connectivity index (χ4n) is 1.95. The lowest BCUT2D eigenvalue weighted by Gasteiger charge is -2.21. The van der Waals surface area contributed by atoms with Crippen molar-refractivity contribution in [2.45, 2.75) is 12.8 Å². The second kappa shape index (κ2) is 4.74. The maximum Gasteiger partial charge on any atom is 0.319 e. The Labute approximate surface area is 115 Å². The summed E-state index contributed by atoms with van der Waals surface area (Å²) in [7, 11) is 3.04. The van der Waals surface area contributed by atoms with E-state index in [9.17, 15) is 9.59 Å². The lowest BCUT2D eigenvalue weighted by Crippen LogP contribution is -2.38. The van der Waals surface area contributed by atoms with Gasteiger partial charge in [0.1, 0.15) is 11.2 Å². The molecule has 1 aliphatic rings. The first-order valence-corrected chi connectivity index (χ1v) is 6.15. The maximum atomic E-state index is 12.2. The Morgan fingerprint density at radius 1 is 1.42 bits per heavy atom. The standard InChI is InChI=1S/C13H14ClNO4/c1-15(11(16)13(5-6-13)12(17)18)8-3-4-10(19-2)9(14)7-8/h3-4,7H,5-6H2,1-2H3,(H,17,18). The van der Waals surface area contributed by atoms with E-state index >= 15 is 0 Å². The molecule has 0 unspecified atom stereocenters. The number of halogens is 1. The van der Waals surface area contributed by atoms with Crippen LogP contribution in [0, 0.1) is 5.41 Å². The lowest BCUT2D eigenvalue weighted by atomic mass is 10.1. The van der Waals surface area contributed by atoms with Gasteiger partial charge in [-0.05, 0) is 31.0 Å². The highest BCUT2D eigenvalue weighted by molar-refractivity contribution is 6.32. The molecule has 1 aromatic rings. The average Bonchev–Trinajstić information content (AvgIpc) is 3.18. The van der Waals surface area contributed by atoms with Crippen LogP contribution in [0.3, 0.4) is 0 Å². The summed E-state index contributed by atoms with van der Waals surface area (Å²) in [5.74, 6) is -0.976. The van der Waals surface area contributed by atoms with Gasteiger partial charge in [-0.15, -0.1) is 0 Å². The lowest BCUT2D eigenvalue weighted by molar-refractivity contribution is -0.148. The van der Waals surface area contributed by atoms with E-state index in [1.807, 2.05) is 0 Å². The minimum atomic E-state index is -1.25. The Bertz CT molecular complexity index is 539. The number of carbonyl (C=O) groups is 2. The number of carbonyl (C=O) groups excluding carboxylic acids is 1. The smallest absolute Gasteiger partial charge is 0.319 e. The van der Waals surface area contributed by atoms with Crippen molar-refractivity contribution >= 4 is 29.2 Å². The molecule has 0 aliphatic heterocycles. The van der Waals surface area contributed by atoms with Gasteiger partial charge < -0.3 is 14.7 Å². The van der Waals surface area contributed by atoms with E-state index in [-0.39, 0.29) is 0 Å². The second-order valence-electron chi connectivity index (χ2n) is 4.57. The molecule has 5 nitrogen and oxygen atoms in total. The number of carboxylic acid groups (broad SMARTS) is 1. The van der Waals surface area contributed by atoms with Crippen molar-refractivity contribution in [1.29, 1.82) is 0 Å². The number of ether oxygens (including phenoxy) is 1. The molecule has 0 heterocycles. The van der Waals surface area contributed by atoms with Crippen molar-refractivity contribution in [2.75, 3.05) is 19.1 Å². The quantitative estimate of drug-likeness (QED) is 0.860. The van der Waals surface area contributed by atoms with Crippen LogP contribution < -0.4 is 9.64 Å². The molecular formula is C13H14ClNO4. The van der Waals surface area contributed by atoms with Gasteiger partial charge in [0.25, 0.3) is 0 Å². The van der Waals surface area contributed by atoms with Crippen LogP contribution in [0.1, 0.15) is 12.8 Å². The molecule has 0 saturated heterocycles. The molecule has 102 valence electrons. The number of aliphatic carboxylic acids is 1. The predicted octanol–water partition coefficient (Wildman–Crippen LogP) is 2.18. The van der Waals surface area contributed by atoms with E-state index in [2.05, 4.69) is 0 Å². The molecule has 0 radical (unpaired) electrons. The molecule has 1 aliphatic carbocycles. The first kappa shape index (κ1) is 13.7. The number of amides is 1. The normalized spacial score (nSPS) is 15.7. The fraction of sp³-hybridized carbons (Fsp3) is 0.385. The molecule has 1 amide bonds. The van der Waals surface area contributed by atoms with Crippen LogP contribution in [0.2, 0.25) is 5.02 Å². The van der Waals surface area contributed by atoms with Gasteiger partial charge in [0.05, 0.1) is 12.1 Å². The number of benzene rings is 1. The van der Waals surface area contributed by atoms with Crippen LogP contribution in [0.25, 0.3) is 0 Å². The molecule has 2 rings (SSSR count). The number of carboxylic acids is 1. The average molecular weight is 284 g/mol. The maximum absolute atomic E-state index is 12.2. The Morgan fingerprint density at radius 3 is 2.47 bits per heavy atom. The highest BCUT2D eigenvalue weighted by Crippen LogP contribution is 2.48. The van der Waals surface area contributed by atoms with Gasteiger partial charge in [-0.2, -0.15) is 0 Å². The Kier molecular flexibility index (Phi) is 3.41. The first-order valence-electron chi connectivity index (χ1n) is 5.77. The minimum absolute atomic E-state index is 0.375. The molecule has 19 heavy (non-hydrogen) atoms. The molecule has 0 aromatic heterocycles. The Morgan fingerprint density at radius 2 is 2.05 bits per heavy atom. The zero-order valence-corrected chi connectivity index (χ0v) is 11.4. The first-order chi connectivity index (χ1) is 8.92. The van der Waals surface area contributed by atoms with Crippen LogP contribution in [-0.4, -0.2) is 31.1 Å². The van der Waals surface area contributed by atoms with Crippen LogP contribution in [-0.2, 0) is 9.59 Å². The number of anilines is 1. The second-order valence-corrected chi connectivity index (χ2v) is 4.98. The van der Waals surface area contributed by atoms with E-state index in [1.165, 1.54) is 12.0 Å². The third-order valence-electron chi connectivity index (χ3n) is 3.40. The summed E-state index contributed by atoms with van der Waals surface area (Å²) in [5.41, 5.74) is -0.704. The molecule has 1 aromatic carbocycles. The molecule has 1 saturated carbocycles. The van der Waals surface area contributed by atoms with Gasteiger partial charge in [-0.1, -0.05) is 11.6 Å². The van der Waals surface area contributed by atoms with Crippen molar-refractivity contribution in [3.8, 4) is 5.75 Å². The minimum Gasteiger partial charge on any atom is -0.495 e. The van der Waals surface area contributed by atoms with E-state index in [0.29, 0.717) is 29.3 Å². The third kappa shape index (κ3) is 2.26. The number of rotatable bonds is 4. The van der Waals surface area contributed by atoms with Crippen molar-refractivity contribution in [3.05, 3.63) is 23.2 Å². The number of nitrogens with zero attached hydrogens (tertiary/aromatic N) is 1. The van der Waals surface area contributed by atoms with Crippen molar-refractivity contribution in [2.24, 2.45) is 5.41 Å². The zero-order valence-electron chi connectivity index (χ0n) is 10.6. The van der Waals surface area contributed by atoms with Crippen molar-refractivity contribution in [1.82, 2.24) is 0 Å². The Balaban J connectivity index is 2.25. The number of methoxy groups -OCH3 is 1. The SMILES string of the molecule is COc1ccc(N(C)C(=O)C2(C(=O)O)CC2)cc1Cl. The zero-order chi connectivity index (χ0) is 14.2. The molecule has 1 N–H and O–H groups in total.